The van der Waals surface area contributed by atoms with E-state index in [4.69, 9.17) is 14.2 Å². The average Bonchev–Trinajstić information content (AvgIpc) is 2.80. The lowest BCUT2D eigenvalue weighted by molar-refractivity contribution is -0.121. The number of carbonyl (C=O) groups excluding carboxylic acids is 2. The van der Waals surface area contributed by atoms with Crippen LogP contribution in [-0.2, 0) is 22.5 Å². The van der Waals surface area contributed by atoms with Crippen LogP contribution in [0.25, 0.3) is 0 Å². The summed E-state index contributed by atoms with van der Waals surface area (Å²) >= 11 is 0. The lowest BCUT2D eigenvalue weighted by Crippen LogP contribution is -2.48. The van der Waals surface area contributed by atoms with E-state index in [0.29, 0.717) is 49.5 Å². The standard InChI is InChI=1S/C25H32N2O5/c1-17-15-27(16-18(2)32-17)25(29)21-10-8-19(9-11-21)14-26-23(28)13-12-20-6-5-7-22(30-3)24(20)31-4/h5-11,17-18H,12-16H2,1-4H3,(H,26,28). The van der Waals surface area contributed by atoms with Crippen LogP contribution >= 0.6 is 0 Å². The molecule has 3 rings (SSSR count). The SMILES string of the molecule is COc1cccc(CCC(=O)NCc2ccc(C(=O)N3CC(C)OC(C)C3)cc2)c1OC. The molecule has 1 fully saturated rings. The molecule has 0 aromatic heterocycles. The third kappa shape index (κ3) is 6.01. The highest BCUT2D eigenvalue weighted by Gasteiger charge is 2.26. The summed E-state index contributed by atoms with van der Waals surface area (Å²) in [6.07, 6.45) is 0.965. The fourth-order valence-electron chi connectivity index (χ4n) is 3.98. The zero-order valence-corrected chi connectivity index (χ0v) is 19.2. The lowest BCUT2D eigenvalue weighted by Gasteiger charge is -2.35. The number of methoxy groups -OCH3 is 2. The Hall–Kier alpha value is -3.06. The number of amides is 2. The molecule has 2 amide bonds. The molecule has 172 valence electrons. The second kappa shape index (κ2) is 11.0. The van der Waals surface area contributed by atoms with Crippen molar-refractivity contribution in [2.24, 2.45) is 0 Å². The number of morpholine rings is 1. The number of benzene rings is 2. The Bertz CT molecular complexity index is 918. The number of hydrogen-bond acceptors (Lipinski definition) is 5. The second-order valence-electron chi connectivity index (χ2n) is 8.09. The molecule has 0 saturated carbocycles. The minimum absolute atomic E-state index is 0.00909. The molecule has 1 heterocycles. The predicted molar refractivity (Wildman–Crippen MR) is 122 cm³/mol. The molecule has 2 unspecified atom stereocenters. The maximum atomic E-state index is 12.8. The summed E-state index contributed by atoms with van der Waals surface area (Å²) in [6, 6.07) is 13.0. The molecule has 2 aromatic carbocycles. The number of nitrogens with zero attached hydrogens (tertiary/aromatic N) is 1. The minimum atomic E-state index is -0.0497. The summed E-state index contributed by atoms with van der Waals surface area (Å²) in [5.74, 6) is 1.27. The highest BCUT2D eigenvalue weighted by atomic mass is 16.5. The Balaban J connectivity index is 1.50. The van der Waals surface area contributed by atoms with Gasteiger partial charge in [0.25, 0.3) is 5.91 Å². The van der Waals surface area contributed by atoms with Crippen LogP contribution in [0.15, 0.2) is 42.5 Å². The van der Waals surface area contributed by atoms with Gasteiger partial charge in [0.1, 0.15) is 0 Å². The molecule has 0 radical (unpaired) electrons. The molecule has 7 heteroatoms. The van der Waals surface area contributed by atoms with E-state index in [-0.39, 0.29) is 24.0 Å². The van der Waals surface area contributed by atoms with Crippen LogP contribution in [0.5, 0.6) is 11.5 Å². The first kappa shape index (κ1) is 23.6. The molecule has 0 spiro atoms. The first-order valence-electron chi connectivity index (χ1n) is 10.9. The van der Waals surface area contributed by atoms with Crippen molar-refractivity contribution in [2.75, 3.05) is 27.3 Å². The van der Waals surface area contributed by atoms with Gasteiger partial charge in [-0.15, -0.1) is 0 Å². The summed E-state index contributed by atoms with van der Waals surface area (Å²) in [5.41, 5.74) is 2.51. The molecule has 1 aliphatic rings. The molecule has 0 bridgehead atoms. The number of aryl methyl sites for hydroxylation is 1. The van der Waals surface area contributed by atoms with E-state index in [9.17, 15) is 9.59 Å². The quantitative estimate of drug-likeness (QED) is 0.682. The topological polar surface area (TPSA) is 77.1 Å². The van der Waals surface area contributed by atoms with Gasteiger partial charge in [0.15, 0.2) is 11.5 Å². The molecule has 2 aromatic rings. The van der Waals surface area contributed by atoms with Gasteiger partial charge in [0.2, 0.25) is 5.91 Å². The number of para-hydroxylation sites is 1. The van der Waals surface area contributed by atoms with Crippen LogP contribution in [0.4, 0.5) is 0 Å². The van der Waals surface area contributed by atoms with E-state index in [2.05, 4.69) is 5.32 Å². The van der Waals surface area contributed by atoms with Gasteiger partial charge in [0.05, 0.1) is 26.4 Å². The number of rotatable bonds is 8. The summed E-state index contributed by atoms with van der Waals surface area (Å²) in [6.45, 7) is 5.56. The van der Waals surface area contributed by atoms with Crippen LogP contribution in [0, 0.1) is 0 Å². The molecule has 1 N–H and O–H groups in total. The van der Waals surface area contributed by atoms with Crippen molar-refractivity contribution in [3.8, 4) is 11.5 Å². The summed E-state index contributed by atoms with van der Waals surface area (Å²) in [5, 5.41) is 2.94. The monoisotopic (exact) mass is 440 g/mol. The van der Waals surface area contributed by atoms with Crippen LogP contribution in [0.2, 0.25) is 0 Å². The van der Waals surface area contributed by atoms with Crippen LogP contribution in [0.3, 0.4) is 0 Å². The van der Waals surface area contributed by atoms with Gasteiger partial charge in [-0.05, 0) is 49.6 Å². The average molecular weight is 441 g/mol. The number of nitrogens with one attached hydrogen (secondary N) is 1. The zero-order valence-electron chi connectivity index (χ0n) is 19.2. The van der Waals surface area contributed by atoms with E-state index in [1.165, 1.54) is 0 Å². The van der Waals surface area contributed by atoms with Crippen molar-refractivity contribution in [3.05, 3.63) is 59.2 Å². The molecule has 1 saturated heterocycles. The lowest BCUT2D eigenvalue weighted by atomic mass is 10.1. The minimum Gasteiger partial charge on any atom is -0.493 e. The number of carbonyl (C=O) groups is 2. The maximum Gasteiger partial charge on any atom is 0.254 e. The van der Waals surface area contributed by atoms with Crippen molar-refractivity contribution < 1.29 is 23.8 Å². The van der Waals surface area contributed by atoms with Crippen molar-refractivity contribution in [3.63, 3.8) is 0 Å². The fraction of sp³-hybridized carbons (Fsp3) is 0.440. The first-order valence-corrected chi connectivity index (χ1v) is 10.9. The van der Waals surface area contributed by atoms with Gasteiger partial charge in [0, 0.05) is 31.6 Å². The zero-order chi connectivity index (χ0) is 23.1. The first-order chi connectivity index (χ1) is 15.4. The molecule has 1 aliphatic heterocycles. The van der Waals surface area contributed by atoms with E-state index in [1.807, 2.05) is 61.2 Å². The third-order valence-electron chi connectivity index (χ3n) is 5.50. The van der Waals surface area contributed by atoms with Gasteiger partial charge < -0.3 is 24.4 Å². The normalized spacial score (nSPS) is 18.2. The number of hydrogen-bond donors (Lipinski definition) is 1. The Kier molecular flexibility index (Phi) is 8.11. The van der Waals surface area contributed by atoms with Crippen molar-refractivity contribution in [1.29, 1.82) is 0 Å². The summed E-state index contributed by atoms with van der Waals surface area (Å²) < 4.78 is 16.4. The maximum absolute atomic E-state index is 12.8. The van der Waals surface area contributed by atoms with Gasteiger partial charge in [-0.2, -0.15) is 0 Å². The van der Waals surface area contributed by atoms with Gasteiger partial charge in [-0.1, -0.05) is 24.3 Å². The smallest absolute Gasteiger partial charge is 0.254 e. The van der Waals surface area contributed by atoms with Crippen LogP contribution in [-0.4, -0.2) is 56.2 Å². The molecule has 32 heavy (non-hydrogen) atoms. The summed E-state index contributed by atoms with van der Waals surface area (Å²) in [4.78, 5) is 26.9. The van der Waals surface area contributed by atoms with Crippen molar-refractivity contribution in [2.45, 2.75) is 45.4 Å². The summed E-state index contributed by atoms with van der Waals surface area (Å²) in [7, 11) is 3.19. The van der Waals surface area contributed by atoms with Gasteiger partial charge in [-0.3, -0.25) is 9.59 Å². The van der Waals surface area contributed by atoms with Crippen LogP contribution in [0.1, 0.15) is 41.8 Å². The second-order valence-corrected chi connectivity index (χ2v) is 8.09. The molecular weight excluding hydrogens is 408 g/mol. The van der Waals surface area contributed by atoms with E-state index in [1.54, 1.807) is 14.2 Å². The van der Waals surface area contributed by atoms with E-state index >= 15 is 0 Å². The molecule has 7 nitrogen and oxygen atoms in total. The predicted octanol–water partition coefficient (Wildman–Crippen LogP) is 3.20. The van der Waals surface area contributed by atoms with Gasteiger partial charge >= 0.3 is 0 Å². The Morgan fingerprint density at radius 2 is 1.72 bits per heavy atom. The third-order valence-corrected chi connectivity index (χ3v) is 5.50. The van der Waals surface area contributed by atoms with E-state index in [0.717, 1.165) is 11.1 Å². The van der Waals surface area contributed by atoms with Crippen molar-refractivity contribution in [1.82, 2.24) is 10.2 Å². The number of ether oxygens (including phenoxy) is 3. The van der Waals surface area contributed by atoms with Gasteiger partial charge in [-0.25, -0.2) is 0 Å². The Morgan fingerprint density at radius 1 is 1.03 bits per heavy atom. The van der Waals surface area contributed by atoms with Crippen molar-refractivity contribution >= 4 is 11.8 Å². The highest BCUT2D eigenvalue weighted by molar-refractivity contribution is 5.94. The van der Waals surface area contributed by atoms with E-state index < -0.39 is 0 Å². The molecular formula is C25H32N2O5. The fourth-order valence-corrected chi connectivity index (χ4v) is 3.98. The highest BCUT2D eigenvalue weighted by Crippen LogP contribution is 2.31. The molecule has 2 atom stereocenters. The Morgan fingerprint density at radius 3 is 2.34 bits per heavy atom. The molecule has 0 aliphatic carbocycles. The largest absolute Gasteiger partial charge is 0.493 e. The Labute approximate surface area is 189 Å². The van der Waals surface area contributed by atoms with Crippen LogP contribution < -0.4 is 14.8 Å².